The monoisotopic (exact) mass is 376 g/mol. The average molecular weight is 376 g/mol. The number of hydrogen-bond acceptors (Lipinski definition) is 4. The Morgan fingerprint density at radius 1 is 1.04 bits per heavy atom. The molecule has 1 unspecified atom stereocenters. The predicted molar refractivity (Wildman–Crippen MR) is 97.3 cm³/mol. The first-order valence-corrected chi connectivity index (χ1v) is 8.61. The van der Waals surface area contributed by atoms with Crippen molar-refractivity contribution in [3.05, 3.63) is 52.6 Å². The van der Waals surface area contributed by atoms with Gasteiger partial charge in [0, 0.05) is 36.8 Å². The summed E-state index contributed by atoms with van der Waals surface area (Å²) in [7, 11) is 4.54. The van der Waals surface area contributed by atoms with E-state index in [1.165, 1.54) is 33.5 Å². The number of Topliss-reactive ketones (excluding diaryl/α,β-unsaturated/α-hetero) is 1. The van der Waals surface area contributed by atoms with E-state index in [1.807, 2.05) is 0 Å². The van der Waals surface area contributed by atoms with Crippen LogP contribution in [0.5, 0.6) is 17.2 Å². The van der Waals surface area contributed by atoms with E-state index < -0.39 is 11.8 Å². The molecular formula is C21H22F2O4. The van der Waals surface area contributed by atoms with Gasteiger partial charge in [0.2, 0.25) is 5.75 Å². The third-order valence-corrected chi connectivity index (χ3v) is 4.92. The first-order valence-electron chi connectivity index (χ1n) is 8.61. The highest BCUT2D eigenvalue weighted by molar-refractivity contribution is 5.86. The van der Waals surface area contributed by atoms with E-state index in [0.29, 0.717) is 22.8 Å². The van der Waals surface area contributed by atoms with Crippen LogP contribution in [0.3, 0.4) is 0 Å². The topological polar surface area (TPSA) is 44.8 Å². The van der Waals surface area contributed by atoms with Gasteiger partial charge in [-0.25, -0.2) is 8.78 Å². The first kappa shape index (κ1) is 19.1. The molecule has 0 spiro atoms. The lowest BCUT2D eigenvalue weighted by Gasteiger charge is -2.29. The van der Waals surface area contributed by atoms with Crippen LogP contribution in [0, 0.1) is 0 Å². The number of hydrogen-bond donors (Lipinski definition) is 0. The Morgan fingerprint density at radius 3 is 2.33 bits per heavy atom. The number of rotatable bonds is 5. The van der Waals surface area contributed by atoms with Gasteiger partial charge in [0.15, 0.2) is 11.5 Å². The van der Waals surface area contributed by atoms with Crippen molar-refractivity contribution in [3.8, 4) is 17.2 Å². The van der Waals surface area contributed by atoms with Crippen LogP contribution >= 0.6 is 0 Å². The largest absolute Gasteiger partial charge is 0.493 e. The van der Waals surface area contributed by atoms with E-state index in [-0.39, 0.29) is 24.2 Å². The van der Waals surface area contributed by atoms with Crippen molar-refractivity contribution in [2.24, 2.45) is 0 Å². The molecule has 4 nitrogen and oxygen atoms in total. The molecule has 0 heterocycles. The fraction of sp³-hybridized carbons (Fsp3) is 0.381. The summed E-state index contributed by atoms with van der Waals surface area (Å²) in [6.07, 6.45) is 0.462. The van der Waals surface area contributed by atoms with Crippen LogP contribution in [-0.2, 0) is 17.1 Å². The normalized spacial score (nSPS) is 16.7. The van der Waals surface area contributed by atoms with Crippen LogP contribution in [0.4, 0.5) is 8.78 Å². The van der Waals surface area contributed by atoms with Crippen molar-refractivity contribution in [2.45, 2.75) is 31.6 Å². The molecule has 2 aromatic carbocycles. The van der Waals surface area contributed by atoms with Gasteiger partial charge in [-0.15, -0.1) is 0 Å². The summed E-state index contributed by atoms with van der Waals surface area (Å²) in [5, 5.41) is 0. The summed E-state index contributed by atoms with van der Waals surface area (Å²) >= 11 is 0. The summed E-state index contributed by atoms with van der Waals surface area (Å²) < 4.78 is 44.0. The Kier molecular flexibility index (Phi) is 5.09. The highest BCUT2D eigenvalue weighted by Gasteiger charge is 2.34. The van der Waals surface area contributed by atoms with Gasteiger partial charge in [-0.3, -0.25) is 4.79 Å². The van der Waals surface area contributed by atoms with E-state index in [2.05, 4.69) is 0 Å². The second-order valence-electron chi connectivity index (χ2n) is 6.70. The summed E-state index contributed by atoms with van der Waals surface area (Å²) in [4.78, 5) is 12.4. The molecule has 0 aromatic heterocycles. The highest BCUT2D eigenvalue weighted by Crippen LogP contribution is 2.49. The van der Waals surface area contributed by atoms with Crippen LogP contribution in [0.25, 0.3) is 0 Å². The number of benzene rings is 2. The average Bonchev–Trinajstić information content (AvgIpc) is 2.64. The zero-order chi connectivity index (χ0) is 19.8. The number of halogens is 2. The molecule has 0 N–H and O–H groups in total. The molecule has 2 aromatic rings. The van der Waals surface area contributed by atoms with Crippen LogP contribution < -0.4 is 14.2 Å². The maximum atomic E-state index is 13.8. The minimum atomic E-state index is -2.96. The number of ketones is 1. The zero-order valence-corrected chi connectivity index (χ0v) is 15.8. The number of carbonyl (C=O) groups excluding carboxylic acids is 1. The summed E-state index contributed by atoms with van der Waals surface area (Å²) in [5.74, 6) is -1.95. The molecular weight excluding hydrogens is 354 g/mol. The van der Waals surface area contributed by atoms with Gasteiger partial charge in [0.1, 0.15) is 5.78 Å². The van der Waals surface area contributed by atoms with E-state index in [1.54, 1.807) is 18.2 Å². The van der Waals surface area contributed by atoms with Gasteiger partial charge in [-0.1, -0.05) is 18.2 Å². The molecule has 3 rings (SSSR count). The van der Waals surface area contributed by atoms with E-state index >= 15 is 0 Å². The molecule has 0 fully saturated rings. The fourth-order valence-electron chi connectivity index (χ4n) is 3.68. The maximum Gasteiger partial charge on any atom is 0.270 e. The lowest BCUT2D eigenvalue weighted by Crippen LogP contribution is -2.21. The third kappa shape index (κ3) is 3.48. The SMILES string of the molecule is COc1cc2c(c(OC)c1OC)C(c1cccc(C(C)(F)F)c1)CC(=O)C2. The Labute approximate surface area is 157 Å². The van der Waals surface area contributed by atoms with Gasteiger partial charge in [0.05, 0.1) is 21.3 Å². The van der Waals surface area contributed by atoms with Crippen molar-refractivity contribution < 1.29 is 27.8 Å². The second-order valence-corrected chi connectivity index (χ2v) is 6.70. The number of ether oxygens (including phenoxy) is 3. The van der Waals surface area contributed by atoms with E-state index in [9.17, 15) is 13.6 Å². The van der Waals surface area contributed by atoms with Gasteiger partial charge < -0.3 is 14.2 Å². The minimum Gasteiger partial charge on any atom is -0.493 e. The second kappa shape index (κ2) is 7.18. The third-order valence-electron chi connectivity index (χ3n) is 4.92. The minimum absolute atomic E-state index is 0.0374. The van der Waals surface area contributed by atoms with Gasteiger partial charge in [-0.2, -0.15) is 0 Å². The van der Waals surface area contributed by atoms with Gasteiger partial charge in [0.25, 0.3) is 5.92 Å². The molecule has 1 aliphatic carbocycles. The van der Waals surface area contributed by atoms with Crippen molar-refractivity contribution in [1.82, 2.24) is 0 Å². The first-order chi connectivity index (χ1) is 12.8. The van der Waals surface area contributed by atoms with Crippen molar-refractivity contribution in [2.75, 3.05) is 21.3 Å². The number of methoxy groups -OCH3 is 3. The van der Waals surface area contributed by atoms with Crippen LogP contribution in [-0.4, -0.2) is 27.1 Å². The van der Waals surface area contributed by atoms with Crippen LogP contribution in [0.15, 0.2) is 30.3 Å². The number of alkyl halides is 2. The molecule has 1 atom stereocenters. The van der Waals surface area contributed by atoms with Crippen LogP contribution in [0.2, 0.25) is 0 Å². The van der Waals surface area contributed by atoms with Crippen molar-refractivity contribution in [1.29, 1.82) is 0 Å². The molecule has 0 bridgehead atoms. The molecule has 27 heavy (non-hydrogen) atoms. The summed E-state index contributed by atoms with van der Waals surface area (Å²) in [6, 6.07) is 7.97. The number of carbonyl (C=O) groups is 1. The summed E-state index contributed by atoms with van der Waals surface area (Å²) in [5.41, 5.74) is 2.11. The predicted octanol–water partition coefficient (Wildman–Crippen LogP) is 4.47. The van der Waals surface area contributed by atoms with Crippen molar-refractivity contribution >= 4 is 5.78 Å². The Bertz CT molecular complexity index is 871. The summed E-state index contributed by atoms with van der Waals surface area (Å²) in [6.45, 7) is 0.862. The molecule has 0 saturated carbocycles. The highest BCUT2D eigenvalue weighted by atomic mass is 19.3. The molecule has 0 saturated heterocycles. The smallest absolute Gasteiger partial charge is 0.270 e. The molecule has 1 aliphatic rings. The quantitative estimate of drug-likeness (QED) is 0.772. The lowest BCUT2D eigenvalue weighted by molar-refractivity contribution is -0.119. The fourth-order valence-corrected chi connectivity index (χ4v) is 3.68. The Balaban J connectivity index is 2.23. The Morgan fingerprint density at radius 2 is 1.74 bits per heavy atom. The molecule has 6 heteroatoms. The van der Waals surface area contributed by atoms with E-state index in [0.717, 1.165) is 18.1 Å². The standard InChI is InChI=1S/C21H22F2O4/c1-21(22,23)14-7-5-6-12(8-14)16-11-15(24)9-13-10-17(25-2)19(26-3)20(27-4)18(13)16/h5-8,10,16H,9,11H2,1-4H3. The molecule has 0 aliphatic heterocycles. The van der Waals surface area contributed by atoms with Gasteiger partial charge in [-0.05, 0) is 23.3 Å². The molecule has 0 radical (unpaired) electrons. The maximum absolute atomic E-state index is 13.8. The number of fused-ring (bicyclic) bond motifs is 1. The van der Waals surface area contributed by atoms with Gasteiger partial charge >= 0.3 is 0 Å². The molecule has 0 amide bonds. The zero-order valence-electron chi connectivity index (χ0n) is 15.8. The Hall–Kier alpha value is -2.63. The lowest BCUT2D eigenvalue weighted by atomic mass is 9.77. The van der Waals surface area contributed by atoms with Crippen LogP contribution in [0.1, 0.15) is 41.5 Å². The molecule has 144 valence electrons. The van der Waals surface area contributed by atoms with E-state index in [4.69, 9.17) is 14.2 Å². The van der Waals surface area contributed by atoms with Crippen molar-refractivity contribution in [3.63, 3.8) is 0 Å².